The summed E-state index contributed by atoms with van der Waals surface area (Å²) in [5.74, 6) is 1.03. The first kappa shape index (κ1) is 19.1. The molecule has 138 valence electrons. The third kappa shape index (κ3) is 6.29. The molecule has 0 aromatic heterocycles. The fraction of sp³-hybridized carbons (Fsp3) is 0.579. The number of carbonyl (C=O) groups is 2. The number of hydrogen-bond donors (Lipinski definition) is 0. The molecular formula is C19H27NO5. The van der Waals surface area contributed by atoms with Crippen molar-refractivity contribution in [2.45, 2.75) is 45.1 Å². The van der Waals surface area contributed by atoms with E-state index < -0.39 is 0 Å². The molecule has 1 heterocycles. The van der Waals surface area contributed by atoms with Crippen LogP contribution in [0.3, 0.4) is 0 Å². The molecule has 1 amide bonds. The van der Waals surface area contributed by atoms with Gasteiger partial charge in [-0.25, -0.2) is 0 Å². The second-order valence-electron chi connectivity index (χ2n) is 6.22. The summed E-state index contributed by atoms with van der Waals surface area (Å²) in [6, 6.07) is 7.50. The smallest absolute Gasteiger partial charge is 0.306 e. The zero-order chi connectivity index (χ0) is 18.1. The van der Waals surface area contributed by atoms with Gasteiger partial charge < -0.3 is 19.1 Å². The molecule has 2 rings (SSSR count). The van der Waals surface area contributed by atoms with Crippen molar-refractivity contribution in [2.24, 2.45) is 0 Å². The molecule has 1 saturated heterocycles. The quantitative estimate of drug-likeness (QED) is 0.533. The van der Waals surface area contributed by atoms with Crippen LogP contribution in [-0.4, -0.2) is 49.7 Å². The molecule has 0 saturated carbocycles. The van der Waals surface area contributed by atoms with E-state index in [1.165, 1.54) is 0 Å². The standard InChI is InChI=1S/C19H27NO5/c1-15-6-3-4-12-20(15)18(21)14-25-19(22)7-5-13-24-17-10-8-16(23-2)9-11-17/h8-11,15H,3-7,12-14H2,1-2H3. The van der Waals surface area contributed by atoms with E-state index in [2.05, 4.69) is 0 Å². The van der Waals surface area contributed by atoms with Gasteiger partial charge in [-0.15, -0.1) is 0 Å². The number of likely N-dealkylation sites (tertiary alicyclic amines) is 1. The highest BCUT2D eigenvalue weighted by molar-refractivity contribution is 5.80. The zero-order valence-corrected chi connectivity index (χ0v) is 15.0. The maximum absolute atomic E-state index is 12.1. The van der Waals surface area contributed by atoms with Crippen molar-refractivity contribution in [3.8, 4) is 11.5 Å². The topological polar surface area (TPSA) is 65.1 Å². The van der Waals surface area contributed by atoms with Crippen molar-refractivity contribution in [3.05, 3.63) is 24.3 Å². The molecule has 0 spiro atoms. The molecule has 1 aliphatic rings. The van der Waals surface area contributed by atoms with Crippen LogP contribution < -0.4 is 9.47 Å². The van der Waals surface area contributed by atoms with Crippen molar-refractivity contribution >= 4 is 11.9 Å². The molecule has 0 bridgehead atoms. The van der Waals surface area contributed by atoms with E-state index in [9.17, 15) is 9.59 Å². The monoisotopic (exact) mass is 349 g/mol. The first-order valence-corrected chi connectivity index (χ1v) is 8.82. The predicted molar refractivity (Wildman–Crippen MR) is 93.7 cm³/mol. The Balaban J connectivity index is 1.59. The number of ether oxygens (including phenoxy) is 3. The van der Waals surface area contributed by atoms with Gasteiger partial charge in [-0.2, -0.15) is 0 Å². The molecule has 0 radical (unpaired) electrons. The first-order valence-electron chi connectivity index (χ1n) is 8.82. The summed E-state index contributed by atoms with van der Waals surface area (Å²) in [7, 11) is 1.61. The molecule has 1 aliphatic heterocycles. The number of esters is 1. The normalized spacial score (nSPS) is 17.0. The first-order chi connectivity index (χ1) is 12.1. The van der Waals surface area contributed by atoms with E-state index in [0.717, 1.165) is 37.3 Å². The average Bonchev–Trinajstić information content (AvgIpc) is 2.64. The van der Waals surface area contributed by atoms with Crippen LogP contribution in [0.2, 0.25) is 0 Å². The predicted octanol–water partition coefficient (Wildman–Crippen LogP) is 2.80. The Labute approximate surface area is 149 Å². The fourth-order valence-electron chi connectivity index (χ4n) is 2.84. The van der Waals surface area contributed by atoms with Gasteiger partial charge in [0.15, 0.2) is 6.61 Å². The van der Waals surface area contributed by atoms with Crippen LogP contribution in [0.5, 0.6) is 11.5 Å². The Bertz CT molecular complexity index is 557. The molecule has 25 heavy (non-hydrogen) atoms. The van der Waals surface area contributed by atoms with Crippen LogP contribution in [0.1, 0.15) is 39.0 Å². The zero-order valence-electron chi connectivity index (χ0n) is 15.0. The molecule has 1 aromatic rings. The number of amides is 1. The Morgan fingerprint density at radius 3 is 2.56 bits per heavy atom. The molecule has 0 aliphatic carbocycles. The number of carbonyl (C=O) groups excluding carboxylic acids is 2. The number of nitrogens with zero attached hydrogens (tertiary/aromatic N) is 1. The number of piperidine rings is 1. The van der Waals surface area contributed by atoms with Gasteiger partial charge >= 0.3 is 5.97 Å². The Kier molecular flexibility index (Phi) is 7.57. The Hall–Kier alpha value is -2.24. The van der Waals surface area contributed by atoms with Crippen LogP contribution in [-0.2, 0) is 14.3 Å². The lowest BCUT2D eigenvalue weighted by Crippen LogP contribution is -2.44. The van der Waals surface area contributed by atoms with E-state index in [4.69, 9.17) is 14.2 Å². The number of hydrogen-bond acceptors (Lipinski definition) is 5. The number of methoxy groups -OCH3 is 1. The second kappa shape index (κ2) is 9.91. The molecule has 6 heteroatoms. The van der Waals surface area contributed by atoms with Gasteiger partial charge in [-0.05, 0) is 56.9 Å². The van der Waals surface area contributed by atoms with Crippen molar-refractivity contribution in [2.75, 3.05) is 26.9 Å². The van der Waals surface area contributed by atoms with Gasteiger partial charge in [0.1, 0.15) is 11.5 Å². The van der Waals surface area contributed by atoms with E-state index in [1.54, 1.807) is 7.11 Å². The summed E-state index contributed by atoms with van der Waals surface area (Å²) in [4.78, 5) is 25.6. The SMILES string of the molecule is COc1ccc(OCCCC(=O)OCC(=O)N2CCCCC2C)cc1. The van der Waals surface area contributed by atoms with Crippen LogP contribution >= 0.6 is 0 Å². The number of benzene rings is 1. The van der Waals surface area contributed by atoms with Gasteiger partial charge in [-0.3, -0.25) is 9.59 Å². The van der Waals surface area contributed by atoms with Gasteiger partial charge in [0, 0.05) is 19.0 Å². The molecule has 1 unspecified atom stereocenters. The van der Waals surface area contributed by atoms with E-state index in [1.807, 2.05) is 36.1 Å². The fourth-order valence-corrected chi connectivity index (χ4v) is 2.84. The van der Waals surface area contributed by atoms with Crippen molar-refractivity contribution in [1.29, 1.82) is 0 Å². The molecular weight excluding hydrogens is 322 g/mol. The summed E-state index contributed by atoms with van der Waals surface area (Å²) in [5, 5.41) is 0. The summed E-state index contributed by atoms with van der Waals surface area (Å²) in [6.07, 6.45) is 3.96. The summed E-state index contributed by atoms with van der Waals surface area (Å²) in [5.41, 5.74) is 0. The summed E-state index contributed by atoms with van der Waals surface area (Å²) >= 11 is 0. The van der Waals surface area contributed by atoms with Crippen molar-refractivity contribution < 1.29 is 23.8 Å². The van der Waals surface area contributed by atoms with E-state index in [-0.39, 0.29) is 30.9 Å². The van der Waals surface area contributed by atoms with Crippen LogP contribution in [0.15, 0.2) is 24.3 Å². The van der Waals surface area contributed by atoms with Crippen LogP contribution in [0.25, 0.3) is 0 Å². The minimum atomic E-state index is -0.364. The Morgan fingerprint density at radius 1 is 1.16 bits per heavy atom. The van der Waals surface area contributed by atoms with Crippen LogP contribution in [0, 0.1) is 0 Å². The maximum Gasteiger partial charge on any atom is 0.306 e. The lowest BCUT2D eigenvalue weighted by atomic mass is 10.0. The summed E-state index contributed by atoms with van der Waals surface area (Å²) < 4.78 is 15.7. The third-order valence-corrected chi connectivity index (χ3v) is 4.33. The van der Waals surface area contributed by atoms with Gasteiger partial charge in [0.25, 0.3) is 5.91 Å². The molecule has 1 aromatic carbocycles. The van der Waals surface area contributed by atoms with E-state index in [0.29, 0.717) is 13.0 Å². The third-order valence-electron chi connectivity index (χ3n) is 4.33. The second-order valence-corrected chi connectivity index (χ2v) is 6.22. The highest BCUT2D eigenvalue weighted by Crippen LogP contribution is 2.18. The van der Waals surface area contributed by atoms with Gasteiger partial charge in [-0.1, -0.05) is 0 Å². The minimum Gasteiger partial charge on any atom is -0.497 e. The molecule has 6 nitrogen and oxygen atoms in total. The highest BCUT2D eigenvalue weighted by Gasteiger charge is 2.23. The van der Waals surface area contributed by atoms with Gasteiger partial charge in [0.2, 0.25) is 0 Å². The summed E-state index contributed by atoms with van der Waals surface area (Å²) in [6.45, 7) is 3.05. The number of rotatable bonds is 8. The van der Waals surface area contributed by atoms with E-state index >= 15 is 0 Å². The minimum absolute atomic E-state index is 0.102. The highest BCUT2D eigenvalue weighted by atomic mass is 16.5. The lowest BCUT2D eigenvalue weighted by molar-refractivity contribution is -0.153. The Morgan fingerprint density at radius 2 is 1.88 bits per heavy atom. The van der Waals surface area contributed by atoms with Crippen molar-refractivity contribution in [3.63, 3.8) is 0 Å². The molecule has 1 atom stereocenters. The average molecular weight is 349 g/mol. The largest absolute Gasteiger partial charge is 0.497 e. The molecule has 1 fully saturated rings. The van der Waals surface area contributed by atoms with Crippen LogP contribution in [0.4, 0.5) is 0 Å². The lowest BCUT2D eigenvalue weighted by Gasteiger charge is -2.33. The maximum atomic E-state index is 12.1. The van der Waals surface area contributed by atoms with Crippen molar-refractivity contribution in [1.82, 2.24) is 4.90 Å². The van der Waals surface area contributed by atoms with Gasteiger partial charge in [0.05, 0.1) is 13.7 Å². The molecule has 0 N–H and O–H groups in total.